The van der Waals surface area contributed by atoms with E-state index in [0.717, 1.165) is 24.3 Å². The molecule has 1 aromatic rings. The monoisotopic (exact) mass is 266 g/mol. The van der Waals surface area contributed by atoms with E-state index in [4.69, 9.17) is 14.2 Å². The number of hydrogen-bond acceptors (Lipinski definition) is 5. The molecule has 0 aromatic carbocycles. The van der Waals surface area contributed by atoms with E-state index >= 15 is 0 Å². The summed E-state index contributed by atoms with van der Waals surface area (Å²) >= 11 is 0. The van der Waals surface area contributed by atoms with Gasteiger partial charge in [0, 0.05) is 6.20 Å². The number of pyridine rings is 1. The number of nitrogens with one attached hydrogen (secondary N) is 1. The topological polar surface area (TPSA) is 52.6 Å². The molecular weight excluding hydrogens is 244 g/mol. The van der Waals surface area contributed by atoms with Gasteiger partial charge in [0.25, 0.3) is 0 Å². The highest BCUT2D eigenvalue weighted by molar-refractivity contribution is 5.26. The Morgan fingerprint density at radius 1 is 1.47 bits per heavy atom. The molecule has 0 spiro atoms. The molecule has 1 aliphatic rings. The van der Waals surface area contributed by atoms with Gasteiger partial charge in [-0.15, -0.1) is 0 Å². The Bertz CT molecular complexity index is 381. The fraction of sp³-hybridized carbons (Fsp3) is 0.643. The number of aromatic nitrogens is 1. The summed E-state index contributed by atoms with van der Waals surface area (Å²) in [7, 11) is 1.65. The molecular formula is C14H22N2O3. The summed E-state index contributed by atoms with van der Waals surface area (Å²) < 4.78 is 16.5. The molecule has 1 saturated heterocycles. The van der Waals surface area contributed by atoms with E-state index in [2.05, 4.69) is 17.2 Å². The van der Waals surface area contributed by atoms with Crippen LogP contribution in [0.4, 0.5) is 0 Å². The average Bonchev–Trinajstić information content (AvgIpc) is 2.49. The van der Waals surface area contributed by atoms with Gasteiger partial charge in [-0.3, -0.25) is 4.98 Å². The van der Waals surface area contributed by atoms with Crippen LogP contribution >= 0.6 is 0 Å². The molecule has 5 nitrogen and oxygen atoms in total. The maximum absolute atomic E-state index is 5.81. The van der Waals surface area contributed by atoms with Crippen LogP contribution in [0.1, 0.15) is 24.9 Å². The van der Waals surface area contributed by atoms with Gasteiger partial charge in [-0.25, -0.2) is 0 Å². The molecule has 106 valence electrons. The Kier molecular flexibility index (Phi) is 5.57. The predicted molar refractivity (Wildman–Crippen MR) is 72.4 cm³/mol. The van der Waals surface area contributed by atoms with Crippen molar-refractivity contribution in [2.75, 3.05) is 33.5 Å². The second-order valence-electron chi connectivity index (χ2n) is 4.57. The van der Waals surface area contributed by atoms with Crippen LogP contribution in [0.5, 0.6) is 5.75 Å². The normalized spacial score (nSPS) is 21.1. The highest BCUT2D eigenvalue weighted by atomic mass is 16.6. The zero-order chi connectivity index (χ0) is 13.5. The molecule has 1 aliphatic heterocycles. The van der Waals surface area contributed by atoms with Crippen LogP contribution < -0.4 is 10.1 Å². The third-order valence-corrected chi connectivity index (χ3v) is 3.16. The largest absolute Gasteiger partial charge is 0.495 e. The third kappa shape index (κ3) is 3.89. The minimum Gasteiger partial charge on any atom is -0.495 e. The van der Waals surface area contributed by atoms with Crippen LogP contribution in [0.25, 0.3) is 0 Å². The van der Waals surface area contributed by atoms with Crippen LogP contribution in [0, 0.1) is 0 Å². The summed E-state index contributed by atoms with van der Waals surface area (Å²) in [6.45, 7) is 5.01. The summed E-state index contributed by atoms with van der Waals surface area (Å²) in [4.78, 5) is 4.22. The first-order valence-corrected chi connectivity index (χ1v) is 6.76. The maximum atomic E-state index is 5.81. The smallest absolute Gasteiger partial charge is 0.137 e. The Hall–Kier alpha value is -1.17. The second kappa shape index (κ2) is 7.43. The van der Waals surface area contributed by atoms with Gasteiger partial charge in [0.15, 0.2) is 0 Å². The van der Waals surface area contributed by atoms with Gasteiger partial charge in [0.1, 0.15) is 11.9 Å². The van der Waals surface area contributed by atoms with E-state index in [-0.39, 0.29) is 12.1 Å². The number of ether oxygens (including phenoxy) is 3. The van der Waals surface area contributed by atoms with E-state index in [0.29, 0.717) is 19.8 Å². The first-order valence-electron chi connectivity index (χ1n) is 6.76. The van der Waals surface area contributed by atoms with Gasteiger partial charge in [0.05, 0.1) is 39.2 Å². The van der Waals surface area contributed by atoms with E-state index in [1.54, 1.807) is 13.3 Å². The molecule has 1 N–H and O–H groups in total. The Labute approximate surface area is 114 Å². The highest BCUT2D eigenvalue weighted by Gasteiger charge is 2.26. The van der Waals surface area contributed by atoms with Crippen LogP contribution in [-0.4, -0.2) is 44.6 Å². The van der Waals surface area contributed by atoms with Gasteiger partial charge < -0.3 is 19.5 Å². The molecule has 5 heteroatoms. The molecule has 2 atom stereocenters. The van der Waals surface area contributed by atoms with Crippen LogP contribution in [0.2, 0.25) is 0 Å². The van der Waals surface area contributed by atoms with Crippen LogP contribution in [-0.2, 0) is 9.47 Å². The fourth-order valence-corrected chi connectivity index (χ4v) is 2.18. The minimum atomic E-state index is 0.0224. The minimum absolute atomic E-state index is 0.0224. The standard InChI is InChI=1S/C14H22N2O3/c1-3-4-16-14(13-10-18-5-6-19-13)11-7-12(17-2)9-15-8-11/h7-9,13-14,16H,3-6,10H2,1-2H3. The first kappa shape index (κ1) is 14.2. The molecule has 0 saturated carbocycles. The molecule has 0 radical (unpaired) electrons. The Morgan fingerprint density at radius 3 is 3.05 bits per heavy atom. The van der Waals surface area contributed by atoms with Crippen molar-refractivity contribution in [2.45, 2.75) is 25.5 Å². The highest BCUT2D eigenvalue weighted by Crippen LogP contribution is 2.24. The van der Waals surface area contributed by atoms with Crippen molar-refractivity contribution in [3.63, 3.8) is 0 Å². The average molecular weight is 266 g/mol. The number of methoxy groups -OCH3 is 1. The zero-order valence-electron chi connectivity index (χ0n) is 11.6. The number of rotatable bonds is 6. The molecule has 1 aromatic heterocycles. The van der Waals surface area contributed by atoms with Crippen molar-refractivity contribution in [1.82, 2.24) is 10.3 Å². The molecule has 0 amide bonds. The van der Waals surface area contributed by atoms with E-state index in [1.807, 2.05) is 12.3 Å². The second-order valence-corrected chi connectivity index (χ2v) is 4.57. The quantitative estimate of drug-likeness (QED) is 0.846. The Morgan fingerprint density at radius 2 is 2.37 bits per heavy atom. The zero-order valence-corrected chi connectivity index (χ0v) is 11.6. The SMILES string of the molecule is CCCNC(c1cncc(OC)c1)C1COCCO1. The molecule has 2 heterocycles. The van der Waals surface area contributed by atoms with Crippen LogP contribution in [0.15, 0.2) is 18.5 Å². The van der Waals surface area contributed by atoms with Crippen molar-refractivity contribution < 1.29 is 14.2 Å². The van der Waals surface area contributed by atoms with E-state index < -0.39 is 0 Å². The molecule has 19 heavy (non-hydrogen) atoms. The molecule has 1 fully saturated rings. The fourth-order valence-electron chi connectivity index (χ4n) is 2.18. The van der Waals surface area contributed by atoms with Crippen molar-refractivity contribution in [2.24, 2.45) is 0 Å². The molecule has 0 bridgehead atoms. The van der Waals surface area contributed by atoms with Crippen molar-refractivity contribution >= 4 is 0 Å². The molecule has 2 rings (SSSR count). The van der Waals surface area contributed by atoms with E-state index in [9.17, 15) is 0 Å². The lowest BCUT2D eigenvalue weighted by Gasteiger charge is -2.31. The van der Waals surface area contributed by atoms with Gasteiger partial charge in [0.2, 0.25) is 0 Å². The van der Waals surface area contributed by atoms with Crippen molar-refractivity contribution in [1.29, 1.82) is 0 Å². The van der Waals surface area contributed by atoms with Crippen molar-refractivity contribution in [3.05, 3.63) is 24.0 Å². The summed E-state index contributed by atoms with van der Waals surface area (Å²) in [6.07, 6.45) is 4.66. The van der Waals surface area contributed by atoms with E-state index in [1.165, 1.54) is 0 Å². The van der Waals surface area contributed by atoms with Gasteiger partial charge in [-0.2, -0.15) is 0 Å². The lowest BCUT2D eigenvalue weighted by Crippen LogP contribution is -2.40. The number of nitrogens with zero attached hydrogens (tertiary/aromatic N) is 1. The summed E-state index contributed by atoms with van der Waals surface area (Å²) in [5.74, 6) is 0.762. The third-order valence-electron chi connectivity index (χ3n) is 3.16. The summed E-state index contributed by atoms with van der Waals surface area (Å²) in [6, 6.07) is 2.08. The van der Waals surface area contributed by atoms with Gasteiger partial charge in [-0.1, -0.05) is 6.92 Å². The molecule has 2 unspecified atom stereocenters. The predicted octanol–water partition coefficient (Wildman–Crippen LogP) is 1.55. The first-order chi connectivity index (χ1) is 9.35. The van der Waals surface area contributed by atoms with Crippen LogP contribution in [0.3, 0.4) is 0 Å². The summed E-state index contributed by atoms with van der Waals surface area (Å²) in [5.41, 5.74) is 1.07. The van der Waals surface area contributed by atoms with Gasteiger partial charge in [-0.05, 0) is 24.6 Å². The Balaban J connectivity index is 2.14. The van der Waals surface area contributed by atoms with Gasteiger partial charge >= 0.3 is 0 Å². The lowest BCUT2D eigenvalue weighted by molar-refractivity contribution is -0.102. The molecule has 0 aliphatic carbocycles. The number of hydrogen-bond donors (Lipinski definition) is 1. The summed E-state index contributed by atoms with van der Waals surface area (Å²) in [5, 5.41) is 3.51. The maximum Gasteiger partial charge on any atom is 0.137 e. The lowest BCUT2D eigenvalue weighted by atomic mass is 10.0. The van der Waals surface area contributed by atoms with Crippen molar-refractivity contribution in [3.8, 4) is 5.75 Å².